The van der Waals surface area contributed by atoms with Crippen LogP contribution in [0, 0.1) is 0 Å². The molecule has 0 fully saturated rings. The van der Waals surface area contributed by atoms with E-state index in [1.807, 2.05) is 0 Å². The number of nitrogens with one attached hydrogen (secondary N) is 1. The van der Waals surface area contributed by atoms with Gasteiger partial charge in [0.1, 0.15) is 4.90 Å². The number of hydrogen-bond acceptors (Lipinski definition) is 4. The van der Waals surface area contributed by atoms with Gasteiger partial charge in [-0.25, -0.2) is 18.4 Å². The monoisotopic (exact) mass is 371 g/mol. The number of aromatic amines is 1. The molecule has 2 aromatic heterocycles. The van der Waals surface area contributed by atoms with Gasteiger partial charge >= 0.3 is 0 Å². The van der Waals surface area contributed by atoms with Crippen LogP contribution in [0.15, 0.2) is 46.2 Å². The number of fused-ring (bicyclic) bond motifs is 1. The number of nitrogens with zero attached hydrogens (tertiary/aromatic N) is 2. The molecule has 0 spiro atoms. The Morgan fingerprint density at radius 2 is 1.90 bits per heavy atom. The molecule has 102 valence electrons. The summed E-state index contributed by atoms with van der Waals surface area (Å²) in [5, 5.41) is 0.505. The molecule has 0 radical (unpaired) electrons. The first kappa shape index (κ1) is 13.5. The molecule has 0 aliphatic carbocycles. The molecule has 0 atom stereocenters. The van der Waals surface area contributed by atoms with Crippen molar-refractivity contribution in [3.8, 4) is 11.4 Å². The van der Waals surface area contributed by atoms with Gasteiger partial charge in [-0.2, -0.15) is 0 Å². The third kappa shape index (κ3) is 2.21. The summed E-state index contributed by atoms with van der Waals surface area (Å²) < 4.78 is 23.8. The quantitative estimate of drug-likeness (QED) is 0.700. The van der Waals surface area contributed by atoms with Crippen LogP contribution < -0.4 is 0 Å². The van der Waals surface area contributed by atoms with E-state index in [0.717, 1.165) is 4.47 Å². The molecule has 0 aliphatic rings. The van der Waals surface area contributed by atoms with Crippen molar-refractivity contribution >= 4 is 46.6 Å². The molecule has 20 heavy (non-hydrogen) atoms. The standard InChI is InChI=1S/C12H7BrClN3O2S/c13-8-3-2-7-9(20(14,18)19)6-17-11(7)10(8)12-15-4-1-5-16-12/h1-6,17H. The predicted octanol–water partition coefficient (Wildman–Crippen LogP) is 3.31. The summed E-state index contributed by atoms with van der Waals surface area (Å²) in [5.74, 6) is 0.491. The number of benzene rings is 1. The molecule has 0 saturated carbocycles. The lowest BCUT2D eigenvalue weighted by atomic mass is 10.1. The topological polar surface area (TPSA) is 75.7 Å². The van der Waals surface area contributed by atoms with E-state index in [-0.39, 0.29) is 4.90 Å². The average molecular weight is 373 g/mol. The average Bonchev–Trinajstić information content (AvgIpc) is 2.83. The first-order valence-corrected chi connectivity index (χ1v) is 8.60. The SMILES string of the molecule is O=S(=O)(Cl)c1c[nH]c2c(-c3ncccn3)c(Br)ccc12. The van der Waals surface area contributed by atoms with E-state index in [4.69, 9.17) is 10.7 Å². The predicted molar refractivity (Wildman–Crippen MR) is 80.1 cm³/mol. The number of H-pyrrole nitrogens is 1. The second-order valence-electron chi connectivity index (χ2n) is 4.01. The van der Waals surface area contributed by atoms with E-state index >= 15 is 0 Å². The van der Waals surface area contributed by atoms with Crippen molar-refractivity contribution in [3.05, 3.63) is 41.3 Å². The van der Waals surface area contributed by atoms with Gasteiger partial charge in [-0.05, 0) is 28.1 Å². The Balaban J connectivity index is 2.39. The minimum Gasteiger partial charge on any atom is -0.359 e. The molecule has 0 saturated heterocycles. The van der Waals surface area contributed by atoms with Crippen molar-refractivity contribution in [2.75, 3.05) is 0 Å². The van der Waals surface area contributed by atoms with E-state index in [2.05, 4.69) is 30.9 Å². The maximum absolute atomic E-state index is 11.5. The molecular weight excluding hydrogens is 366 g/mol. The maximum atomic E-state index is 11.5. The third-order valence-corrected chi connectivity index (χ3v) is 4.84. The Kier molecular flexibility index (Phi) is 3.27. The lowest BCUT2D eigenvalue weighted by Gasteiger charge is -2.05. The molecule has 8 heteroatoms. The van der Waals surface area contributed by atoms with Crippen LogP contribution in [0.3, 0.4) is 0 Å². The van der Waals surface area contributed by atoms with Crippen molar-refractivity contribution in [2.45, 2.75) is 4.90 Å². The first-order chi connectivity index (χ1) is 9.48. The Hall–Kier alpha value is -1.44. The van der Waals surface area contributed by atoms with E-state index in [1.165, 1.54) is 6.20 Å². The zero-order valence-electron chi connectivity index (χ0n) is 9.84. The minimum atomic E-state index is -3.81. The molecule has 5 nitrogen and oxygen atoms in total. The number of hydrogen-bond donors (Lipinski definition) is 1. The van der Waals surface area contributed by atoms with Gasteiger partial charge in [0.05, 0.1) is 11.1 Å². The first-order valence-electron chi connectivity index (χ1n) is 5.50. The van der Waals surface area contributed by atoms with Crippen molar-refractivity contribution in [2.24, 2.45) is 0 Å². The van der Waals surface area contributed by atoms with Crippen LogP contribution in [0.25, 0.3) is 22.3 Å². The zero-order valence-corrected chi connectivity index (χ0v) is 13.0. The van der Waals surface area contributed by atoms with Crippen LogP contribution in [0.5, 0.6) is 0 Å². The highest BCUT2D eigenvalue weighted by molar-refractivity contribution is 9.10. The fourth-order valence-electron chi connectivity index (χ4n) is 2.00. The van der Waals surface area contributed by atoms with Crippen LogP contribution in [-0.2, 0) is 9.05 Å². The maximum Gasteiger partial charge on any atom is 0.263 e. The van der Waals surface area contributed by atoms with Crippen LogP contribution in [-0.4, -0.2) is 23.4 Å². The van der Waals surface area contributed by atoms with Gasteiger partial charge in [0.15, 0.2) is 5.82 Å². The molecule has 1 N–H and O–H groups in total. The van der Waals surface area contributed by atoms with Gasteiger partial charge in [0, 0.05) is 39.1 Å². The van der Waals surface area contributed by atoms with Crippen LogP contribution >= 0.6 is 26.6 Å². The summed E-state index contributed by atoms with van der Waals surface area (Å²) in [6, 6.07) is 5.13. The number of rotatable bonds is 2. The summed E-state index contributed by atoms with van der Waals surface area (Å²) in [6.07, 6.45) is 4.61. The third-order valence-electron chi connectivity index (χ3n) is 2.82. The fraction of sp³-hybridized carbons (Fsp3) is 0. The van der Waals surface area contributed by atoms with Crippen molar-refractivity contribution < 1.29 is 8.42 Å². The van der Waals surface area contributed by atoms with Gasteiger partial charge in [0.25, 0.3) is 9.05 Å². The van der Waals surface area contributed by atoms with Gasteiger partial charge in [0.2, 0.25) is 0 Å². The molecule has 0 aliphatic heterocycles. The Labute approximate surface area is 127 Å². The Bertz CT molecular complexity index is 894. The summed E-state index contributed by atoms with van der Waals surface area (Å²) in [7, 11) is 1.61. The second kappa shape index (κ2) is 4.83. The molecule has 0 amide bonds. The molecule has 0 unspecified atom stereocenters. The summed E-state index contributed by atoms with van der Waals surface area (Å²) in [5.41, 5.74) is 1.31. The Morgan fingerprint density at radius 3 is 2.55 bits per heavy atom. The van der Waals surface area contributed by atoms with Crippen molar-refractivity contribution in [1.82, 2.24) is 15.0 Å². The smallest absolute Gasteiger partial charge is 0.263 e. The van der Waals surface area contributed by atoms with E-state index in [9.17, 15) is 8.42 Å². The van der Waals surface area contributed by atoms with Crippen LogP contribution in [0.4, 0.5) is 0 Å². The molecule has 0 bridgehead atoms. The second-order valence-corrected chi connectivity index (χ2v) is 7.40. The molecule has 3 aromatic rings. The normalized spacial score (nSPS) is 11.9. The van der Waals surface area contributed by atoms with E-state index < -0.39 is 9.05 Å². The highest BCUT2D eigenvalue weighted by Crippen LogP contribution is 2.36. The highest BCUT2D eigenvalue weighted by atomic mass is 79.9. The van der Waals surface area contributed by atoms with E-state index in [0.29, 0.717) is 22.3 Å². The van der Waals surface area contributed by atoms with Gasteiger partial charge in [-0.3, -0.25) is 0 Å². The van der Waals surface area contributed by atoms with Gasteiger partial charge in [-0.15, -0.1) is 0 Å². The molecule has 3 rings (SSSR count). The summed E-state index contributed by atoms with van der Waals surface area (Å²) in [4.78, 5) is 11.3. The fourth-order valence-corrected chi connectivity index (χ4v) is 3.52. The van der Waals surface area contributed by atoms with E-state index in [1.54, 1.807) is 30.6 Å². The Morgan fingerprint density at radius 1 is 1.20 bits per heavy atom. The van der Waals surface area contributed by atoms with Crippen LogP contribution in [0.1, 0.15) is 0 Å². The lowest BCUT2D eigenvalue weighted by Crippen LogP contribution is -1.91. The molecule has 2 heterocycles. The van der Waals surface area contributed by atoms with Gasteiger partial charge < -0.3 is 4.98 Å². The number of halogens is 2. The summed E-state index contributed by atoms with van der Waals surface area (Å²) >= 11 is 3.43. The lowest BCUT2D eigenvalue weighted by molar-refractivity contribution is 0.610. The highest BCUT2D eigenvalue weighted by Gasteiger charge is 2.20. The zero-order chi connectivity index (χ0) is 14.3. The number of aromatic nitrogens is 3. The molecular formula is C12H7BrClN3O2S. The minimum absolute atomic E-state index is 0.0406. The summed E-state index contributed by atoms with van der Waals surface area (Å²) in [6.45, 7) is 0. The largest absolute Gasteiger partial charge is 0.359 e. The molecule has 1 aromatic carbocycles. The van der Waals surface area contributed by atoms with Crippen molar-refractivity contribution in [1.29, 1.82) is 0 Å². The van der Waals surface area contributed by atoms with Crippen molar-refractivity contribution in [3.63, 3.8) is 0 Å². The van der Waals surface area contributed by atoms with Gasteiger partial charge in [-0.1, -0.05) is 6.07 Å². The van der Waals surface area contributed by atoms with Crippen LogP contribution in [0.2, 0.25) is 0 Å².